The van der Waals surface area contributed by atoms with Crippen LogP contribution in [-0.2, 0) is 10.0 Å². The number of sulfonamides is 1. The molecule has 0 aromatic heterocycles. The van der Waals surface area contributed by atoms with Gasteiger partial charge in [-0.2, -0.15) is 0 Å². The summed E-state index contributed by atoms with van der Waals surface area (Å²) >= 11 is 0. The Morgan fingerprint density at radius 1 is 1.10 bits per heavy atom. The van der Waals surface area contributed by atoms with E-state index >= 15 is 0 Å². The number of nitrogens with zero attached hydrogens (tertiary/aromatic N) is 2. The van der Waals surface area contributed by atoms with Crippen LogP contribution in [0.5, 0.6) is 0 Å². The number of hydrogen-bond donors (Lipinski definition) is 2. The van der Waals surface area contributed by atoms with Crippen molar-refractivity contribution < 1.29 is 13.2 Å². The van der Waals surface area contributed by atoms with E-state index in [-0.39, 0.29) is 17.3 Å². The highest BCUT2D eigenvalue weighted by Gasteiger charge is 2.18. The van der Waals surface area contributed by atoms with Crippen LogP contribution in [0.2, 0.25) is 0 Å². The van der Waals surface area contributed by atoms with E-state index in [4.69, 9.17) is 0 Å². The third-order valence-corrected chi connectivity index (χ3v) is 6.90. The Morgan fingerprint density at radius 3 is 2.35 bits per heavy atom. The summed E-state index contributed by atoms with van der Waals surface area (Å²) < 4.78 is 26.7. The topological polar surface area (TPSA) is 81.7 Å². The number of benzene rings is 2. The van der Waals surface area contributed by atoms with Crippen molar-refractivity contribution in [3.8, 4) is 0 Å². The van der Waals surface area contributed by atoms with Crippen LogP contribution in [0.1, 0.15) is 22.8 Å². The molecule has 2 aromatic carbocycles. The van der Waals surface area contributed by atoms with Gasteiger partial charge in [0.2, 0.25) is 10.0 Å². The van der Waals surface area contributed by atoms with Gasteiger partial charge in [-0.25, -0.2) is 13.1 Å². The molecule has 0 spiro atoms. The lowest BCUT2D eigenvalue weighted by atomic mass is 10.1. The lowest BCUT2D eigenvalue weighted by molar-refractivity contribution is 0.102. The Balaban J connectivity index is 1.65. The molecule has 1 saturated heterocycles. The lowest BCUT2D eigenvalue weighted by Gasteiger charge is -2.36. The normalized spacial score (nSPS) is 15.0. The molecule has 8 heteroatoms. The molecule has 166 valence electrons. The second-order valence-electron chi connectivity index (χ2n) is 7.54. The maximum atomic E-state index is 12.6. The summed E-state index contributed by atoms with van der Waals surface area (Å²) in [6, 6.07) is 11.8. The van der Waals surface area contributed by atoms with Crippen molar-refractivity contribution in [1.82, 2.24) is 9.62 Å². The molecule has 1 aliphatic rings. The minimum atomic E-state index is -3.61. The zero-order chi connectivity index (χ0) is 22.4. The average molecular weight is 443 g/mol. The summed E-state index contributed by atoms with van der Waals surface area (Å²) in [5.74, 6) is -0.285. The first-order valence-electron chi connectivity index (χ1n) is 10.4. The van der Waals surface area contributed by atoms with Gasteiger partial charge in [0.05, 0.1) is 4.90 Å². The predicted molar refractivity (Wildman–Crippen MR) is 125 cm³/mol. The van der Waals surface area contributed by atoms with Gasteiger partial charge in [0.1, 0.15) is 0 Å². The van der Waals surface area contributed by atoms with E-state index in [0.717, 1.165) is 38.3 Å². The van der Waals surface area contributed by atoms with Gasteiger partial charge in [-0.3, -0.25) is 4.79 Å². The van der Waals surface area contributed by atoms with Crippen molar-refractivity contribution in [3.63, 3.8) is 0 Å². The van der Waals surface area contributed by atoms with Crippen LogP contribution >= 0.6 is 0 Å². The van der Waals surface area contributed by atoms with Gasteiger partial charge in [0, 0.05) is 49.7 Å². The molecule has 1 heterocycles. The van der Waals surface area contributed by atoms with Gasteiger partial charge in [-0.15, -0.1) is 6.58 Å². The standard InChI is InChI=1S/C23H30N4O3S/c1-4-12-24-31(29,30)21-9-6-19(7-10-21)23(28)25-20-8-11-22(18(3)17-20)27-15-13-26(5-2)14-16-27/h4,6-11,17,24H,1,5,12-16H2,2-3H3,(H,25,28). The highest BCUT2D eigenvalue weighted by atomic mass is 32.2. The van der Waals surface area contributed by atoms with Crippen molar-refractivity contribution in [2.75, 3.05) is 49.5 Å². The molecule has 1 fully saturated rings. The lowest BCUT2D eigenvalue weighted by Crippen LogP contribution is -2.46. The Hall–Kier alpha value is -2.68. The maximum Gasteiger partial charge on any atom is 0.255 e. The number of anilines is 2. The molecule has 0 bridgehead atoms. The van der Waals surface area contributed by atoms with E-state index in [1.165, 1.54) is 36.0 Å². The summed E-state index contributed by atoms with van der Waals surface area (Å²) in [4.78, 5) is 17.5. The Morgan fingerprint density at radius 2 is 1.77 bits per heavy atom. The van der Waals surface area contributed by atoms with Crippen LogP contribution in [0, 0.1) is 6.92 Å². The predicted octanol–water partition coefficient (Wildman–Crippen LogP) is 2.85. The van der Waals surface area contributed by atoms with Gasteiger partial charge < -0.3 is 15.1 Å². The zero-order valence-corrected chi connectivity index (χ0v) is 18.9. The molecule has 2 N–H and O–H groups in total. The summed E-state index contributed by atoms with van der Waals surface area (Å²) in [5, 5.41) is 2.89. The molecule has 2 aromatic rings. The molecule has 0 aliphatic carbocycles. The molecular weight excluding hydrogens is 412 g/mol. The first kappa shape index (κ1) is 23.0. The van der Waals surface area contributed by atoms with Crippen molar-refractivity contribution in [1.29, 1.82) is 0 Å². The van der Waals surface area contributed by atoms with Crippen molar-refractivity contribution in [2.24, 2.45) is 0 Å². The largest absolute Gasteiger partial charge is 0.369 e. The number of rotatable bonds is 8. The van der Waals surface area contributed by atoms with Crippen LogP contribution in [0.25, 0.3) is 0 Å². The highest BCUT2D eigenvalue weighted by molar-refractivity contribution is 7.89. The first-order valence-corrected chi connectivity index (χ1v) is 11.9. The fourth-order valence-electron chi connectivity index (χ4n) is 3.63. The Bertz CT molecular complexity index is 1030. The molecule has 7 nitrogen and oxygen atoms in total. The van der Waals surface area contributed by atoms with E-state index < -0.39 is 10.0 Å². The van der Waals surface area contributed by atoms with Crippen molar-refractivity contribution >= 4 is 27.3 Å². The first-order chi connectivity index (χ1) is 14.8. The third-order valence-electron chi connectivity index (χ3n) is 5.46. The SMILES string of the molecule is C=CCNS(=O)(=O)c1ccc(C(=O)Nc2ccc(N3CCN(CC)CC3)c(C)c2)cc1. The van der Waals surface area contributed by atoms with Crippen LogP contribution < -0.4 is 14.9 Å². The summed E-state index contributed by atoms with van der Waals surface area (Å²) in [6.45, 7) is 13.1. The van der Waals surface area contributed by atoms with E-state index in [1.807, 2.05) is 25.1 Å². The van der Waals surface area contributed by atoms with Crippen molar-refractivity contribution in [3.05, 3.63) is 66.2 Å². The number of hydrogen-bond acceptors (Lipinski definition) is 5. The molecule has 0 unspecified atom stereocenters. The van der Waals surface area contributed by atoms with Crippen LogP contribution in [0.4, 0.5) is 11.4 Å². The van der Waals surface area contributed by atoms with Crippen molar-refractivity contribution in [2.45, 2.75) is 18.7 Å². The highest BCUT2D eigenvalue weighted by Crippen LogP contribution is 2.25. The van der Waals surface area contributed by atoms with E-state index in [9.17, 15) is 13.2 Å². The van der Waals surface area contributed by atoms with Gasteiger partial charge in [0.25, 0.3) is 5.91 Å². The monoisotopic (exact) mass is 442 g/mol. The van der Waals surface area contributed by atoms with Crippen LogP contribution in [0.3, 0.4) is 0 Å². The summed E-state index contributed by atoms with van der Waals surface area (Å²) in [7, 11) is -3.61. The number of amides is 1. The van der Waals surface area contributed by atoms with E-state index in [0.29, 0.717) is 11.3 Å². The van der Waals surface area contributed by atoms with E-state index in [1.54, 1.807) is 0 Å². The molecule has 31 heavy (non-hydrogen) atoms. The van der Waals surface area contributed by atoms with Crippen LogP contribution in [0.15, 0.2) is 60.0 Å². The average Bonchev–Trinajstić information content (AvgIpc) is 2.78. The molecule has 1 amide bonds. The second-order valence-corrected chi connectivity index (χ2v) is 9.31. The molecule has 1 aliphatic heterocycles. The summed E-state index contributed by atoms with van der Waals surface area (Å²) in [6.07, 6.45) is 1.47. The molecule has 0 atom stereocenters. The fourth-order valence-corrected chi connectivity index (χ4v) is 4.63. The van der Waals surface area contributed by atoms with E-state index in [2.05, 4.69) is 33.3 Å². The molecule has 0 radical (unpaired) electrons. The van der Waals surface area contributed by atoms with Gasteiger partial charge in [-0.1, -0.05) is 13.0 Å². The minimum Gasteiger partial charge on any atom is -0.369 e. The fraction of sp³-hybridized carbons (Fsp3) is 0.348. The minimum absolute atomic E-state index is 0.106. The van der Waals surface area contributed by atoms with Gasteiger partial charge in [-0.05, 0) is 61.5 Å². The van der Waals surface area contributed by atoms with Gasteiger partial charge in [0.15, 0.2) is 0 Å². The second kappa shape index (κ2) is 10.1. The number of nitrogens with one attached hydrogen (secondary N) is 2. The smallest absolute Gasteiger partial charge is 0.255 e. The maximum absolute atomic E-state index is 12.6. The molecular formula is C23H30N4O3S. The number of aryl methyl sites for hydroxylation is 1. The van der Waals surface area contributed by atoms with Crippen LogP contribution in [-0.4, -0.2) is 58.5 Å². The summed E-state index contributed by atoms with van der Waals surface area (Å²) in [5.41, 5.74) is 3.40. The zero-order valence-electron chi connectivity index (χ0n) is 18.1. The number of likely N-dealkylation sites (N-methyl/N-ethyl adjacent to an activating group) is 1. The third kappa shape index (κ3) is 5.72. The number of carbonyl (C=O) groups is 1. The number of carbonyl (C=O) groups excluding carboxylic acids is 1. The quantitative estimate of drug-likeness (QED) is 0.615. The Labute approximate surface area is 184 Å². The Kier molecular flexibility index (Phi) is 7.48. The van der Waals surface area contributed by atoms with Gasteiger partial charge >= 0.3 is 0 Å². The number of piperazine rings is 1. The molecule has 3 rings (SSSR count). The molecule has 0 saturated carbocycles.